The van der Waals surface area contributed by atoms with Crippen molar-refractivity contribution in [1.29, 1.82) is 0 Å². The van der Waals surface area contributed by atoms with E-state index in [2.05, 4.69) is 22.6 Å². The van der Waals surface area contributed by atoms with Gasteiger partial charge < -0.3 is 18.9 Å². The number of hydrogen-bond donors (Lipinski definition) is 0. The van der Waals surface area contributed by atoms with Gasteiger partial charge in [-0.15, -0.1) is 0 Å². The second-order valence-electron chi connectivity index (χ2n) is 8.72. The van der Waals surface area contributed by atoms with Gasteiger partial charge >= 0.3 is 0 Å². The molecule has 0 spiro atoms. The Hall–Kier alpha value is -4.80. The summed E-state index contributed by atoms with van der Waals surface area (Å²) in [6.07, 6.45) is 0.656. The maximum atomic E-state index is 6.55. The first kappa shape index (κ1) is 24.9. The molecule has 0 radical (unpaired) electrons. The smallest absolute Gasteiger partial charge is 0.173 e. The van der Waals surface area contributed by atoms with E-state index in [1.165, 1.54) is 0 Å². The Morgan fingerprint density at radius 1 is 0.921 bits per heavy atom. The van der Waals surface area contributed by atoms with E-state index in [4.69, 9.17) is 18.9 Å². The predicted octanol–water partition coefficient (Wildman–Crippen LogP) is 7.01. The highest BCUT2D eigenvalue weighted by Crippen LogP contribution is 2.32. The maximum absolute atomic E-state index is 6.55. The van der Waals surface area contributed by atoms with Crippen LogP contribution in [0.2, 0.25) is 0 Å². The second-order valence-corrected chi connectivity index (χ2v) is 8.72. The summed E-state index contributed by atoms with van der Waals surface area (Å²) >= 11 is 0. The minimum atomic E-state index is -0.574. The normalized spacial score (nSPS) is 15.0. The van der Waals surface area contributed by atoms with E-state index in [9.17, 15) is 0 Å². The van der Waals surface area contributed by atoms with Gasteiger partial charge in [-0.1, -0.05) is 60.7 Å². The molecule has 38 heavy (non-hydrogen) atoms. The lowest BCUT2D eigenvalue weighted by molar-refractivity contribution is -0.000426. The van der Waals surface area contributed by atoms with Gasteiger partial charge in [-0.05, 0) is 61.5 Å². The molecule has 0 saturated heterocycles. The van der Waals surface area contributed by atoms with E-state index < -0.39 is 12.2 Å². The quantitative estimate of drug-likeness (QED) is 0.254. The monoisotopic (exact) mass is 504 g/mol. The van der Waals surface area contributed by atoms with Crippen LogP contribution in [0.4, 0.5) is 11.4 Å². The first-order chi connectivity index (χ1) is 18.7. The molecule has 0 amide bonds. The molecule has 1 heterocycles. The SMILES string of the molecule is C=Nc1ccccc1OC(COc1ccccc1C)C1COc2ccccc2C=C=Nc2ccccc2O1. The topological polar surface area (TPSA) is 61.6 Å². The van der Waals surface area contributed by atoms with E-state index in [1.54, 1.807) is 6.08 Å². The maximum Gasteiger partial charge on any atom is 0.173 e. The number of rotatable bonds is 7. The molecule has 0 saturated carbocycles. The molecule has 2 unspecified atom stereocenters. The molecule has 1 aliphatic rings. The van der Waals surface area contributed by atoms with Crippen molar-refractivity contribution in [3.63, 3.8) is 0 Å². The van der Waals surface area contributed by atoms with Crippen molar-refractivity contribution in [2.45, 2.75) is 19.1 Å². The molecule has 4 aromatic carbocycles. The fourth-order valence-corrected chi connectivity index (χ4v) is 4.06. The first-order valence-electron chi connectivity index (χ1n) is 12.4. The molecule has 6 heteroatoms. The van der Waals surface area contributed by atoms with Crippen LogP contribution in [0.15, 0.2) is 107 Å². The Bertz CT molecular complexity index is 1480. The van der Waals surface area contributed by atoms with Crippen LogP contribution >= 0.6 is 0 Å². The average molecular weight is 505 g/mol. The Kier molecular flexibility index (Phi) is 7.83. The number of nitrogens with zero attached hydrogens (tertiary/aromatic N) is 2. The second kappa shape index (κ2) is 12.0. The molecule has 190 valence electrons. The molecule has 0 aromatic heterocycles. The Balaban J connectivity index is 1.53. The van der Waals surface area contributed by atoms with Crippen molar-refractivity contribution in [3.8, 4) is 23.0 Å². The van der Waals surface area contributed by atoms with Gasteiger partial charge in [-0.2, -0.15) is 0 Å². The Morgan fingerprint density at radius 3 is 2.47 bits per heavy atom. The third-order valence-electron chi connectivity index (χ3n) is 6.10. The summed E-state index contributed by atoms with van der Waals surface area (Å²) in [5.74, 6) is 5.65. The van der Waals surface area contributed by atoms with Gasteiger partial charge in [-0.3, -0.25) is 4.99 Å². The summed E-state index contributed by atoms with van der Waals surface area (Å²) in [7, 11) is 0. The van der Waals surface area contributed by atoms with Crippen LogP contribution in [-0.2, 0) is 0 Å². The van der Waals surface area contributed by atoms with Gasteiger partial charge in [0.25, 0.3) is 0 Å². The van der Waals surface area contributed by atoms with Crippen LogP contribution < -0.4 is 18.9 Å². The molecule has 6 nitrogen and oxygen atoms in total. The van der Waals surface area contributed by atoms with Gasteiger partial charge in [0.2, 0.25) is 0 Å². The van der Waals surface area contributed by atoms with Crippen molar-refractivity contribution in [3.05, 3.63) is 108 Å². The summed E-state index contributed by atoms with van der Waals surface area (Å²) < 4.78 is 25.6. The highest BCUT2D eigenvalue weighted by molar-refractivity contribution is 5.82. The lowest BCUT2D eigenvalue weighted by Crippen LogP contribution is -2.44. The highest BCUT2D eigenvalue weighted by atomic mass is 16.6. The predicted molar refractivity (Wildman–Crippen MR) is 151 cm³/mol. The molecule has 0 fully saturated rings. The molecule has 2 atom stereocenters. The molecule has 4 aromatic rings. The number of para-hydroxylation sites is 6. The van der Waals surface area contributed by atoms with Crippen molar-refractivity contribution in [2.24, 2.45) is 9.98 Å². The number of benzene rings is 4. The minimum absolute atomic E-state index is 0.199. The summed E-state index contributed by atoms with van der Waals surface area (Å²) in [4.78, 5) is 8.64. The van der Waals surface area contributed by atoms with E-state index in [1.807, 2.05) is 104 Å². The van der Waals surface area contributed by atoms with Gasteiger partial charge in [0, 0.05) is 11.6 Å². The number of ether oxygens (including phenoxy) is 4. The van der Waals surface area contributed by atoms with Gasteiger partial charge in [-0.25, -0.2) is 4.99 Å². The van der Waals surface area contributed by atoms with E-state index in [0.29, 0.717) is 28.6 Å². The van der Waals surface area contributed by atoms with Gasteiger partial charge in [0.15, 0.2) is 12.2 Å². The summed E-state index contributed by atoms with van der Waals surface area (Å²) in [6.45, 7) is 6.10. The number of aliphatic imine (C=N–C) groups is 2. The zero-order valence-electron chi connectivity index (χ0n) is 21.1. The number of aryl methyl sites for hydroxylation is 1. The number of hydrogen-bond acceptors (Lipinski definition) is 6. The summed E-state index contributed by atoms with van der Waals surface area (Å²) in [6, 6.07) is 30.7. The third kappa shape index (κ3) is 5.94. The highest BCUT2D eigenvalue weighted by Gasteiger charge is 2.30. The summed E-state index contributed by atoms with van der Waals surface area (Å²) in [5.41, 5.74) is 3.17. The van der Waals surface area contributed by atoms with Gasteiger partial charge in [0.1, 0.15) is 47.6 Å². The van der Waals surface area contributed by atoms with Crippen molar-refractivity contribution in [2.75, 3.05) is 13.2 Å². The zero-order chi connectivity index (χ0) is 26.2. The minimum Gasteiger partial charge on any atom is -0.489 e. The van der Waals surface area contributed by atoms with Crippen molar-refractivity contribution in [1.82, 2.24) is 0 Å². The van der Waals surface area contributed by atoms with Gasteiger partial charge in [0.05, 0.1) is 0 Å². The van der Waals surface area contributed by atoms with Crippen LogP contribution in [0.5, 0.6) is 23.0 Å². The van der Waals surface area contributed by atoms with Crippen LogP contribution in [0.25, 0.3) is 6.08 Å². The zero-order valence-corrected chi connectivity index (χ0v) is 21.1. The van der Waals surface area contributed by atoms with Crippen LogP contribution in [0, 0.1) is 6.92 Å². The van der Waals surface area contributed by atoms with E-state index in [0.717, 1.165) is 16.9 Å². The molecule has 5 rings (SSSR count). The first-order valence-corrected chi connectivity index (χ1v) is 12.4. The standard InChI is InChI=1S/C32H28N2O4/c1-23-11-3-7-15-27(23)35-21-31(37-29-17-9-5-13-25(29)33-2)32-22-36-28-16-8-4-12-24(28)19-20-34-26-14-6-10-18-30(26)38-32/h3-19,31-32H,2,21-22H2,1H3. The van der Waals surface area contributed by atoms with Crippen molar-refractivity contribution < 1.29 is 18.9 Å². The summed E-state index contributed by atoms with van der Waals surface area (Å²) in [5, 5.41) is 0. The van der Waals surface area contributed by atoms with Crippen molar-refractivity contribution >= 4 is 30.0 Å². The lowest BCUT2D eigenvalue weighted by atomic mass is 10.1. The molecule has 0 bridgehead atoms. The third-order valence-corrected chi connectivity index (χ3v) is 6.10. The van der Waals surface area contributed by atoms with Crippen LogP contribution in [0.1, 0.15) is 11.1 Å². The van der Waals surface area contributed by atoms with E-state index in [-0.39, 0.29) is 13.2 Å². The Labute approximate surface area is 222 Å². The molecular weight excluding hydrogens is 476 g/mol. The molecule has 0 aliphatic carbocycles. The fourth-order valence-electron chi connectivity index (χ4n) is 4.06. The van der Waals surface area contributed by atoms with Crippen LogP contribution in [0.3, 0.4) is 0 Å². The average Bonchev–Trinajstić information content (AvgIpc) is 2.99. The lowest BCUT2D eigenvalue weighted by Gasteiger charge is -2.29. The van der Waals surface area contributed by atoms with E-state index >= 15 is 0 Å². The fraction of sp³-hybridized carbons (Fsp3) is 0.156. The van der Waals surface area contributed by atoms with Crippen LogP contribution in [-0.4, -0.2) is 38.0 Å². The molecule has 1 aliphatic heterocycles. The number of fused-ring (bicyclic) bond motifs is 2. The largest absolute Gasteiger partial charge is 0.489 e. The molecule has 0 N–H and O–H groups in total. The molecular formula is C32H28N2O4. The Morgan fingerprint density at radius 2 is 1.63 bits per heavy atom.